The van der Waals surface area contributed by atoms with E-state index in [1.165, 1.54) is 18.4 Å². The number of H-pyrrole nitrogens is 1. The summed E-state index contributed by atoms with van der Waals surface area (Å²) in [7, 11) is 0. The van der Waals surface area contributed by atoms with Crippen LogP contribution in [0.15, 0.2) is 39.7 Å². The lowest BCUT2D eigenvalue weighted by Gasteiger charge is -2.11. The minimum atomic E-state index is -2.90. The number of furan rings is 1. The van der Waals surface area contributed by atoms with Crippen LogP contribution < -0.4 is 19.5 Å². The van der Waals surface area contributed by atoms with Crippen LogP contribution >= 0.6 is 11.3 Å². The van der Waals surface area contributed by atoms with Crippen LogP contribution in [0.2, 0.25) is 0 Å². The molecule has 1 N–H and O–H groups in total. The normalized spacial score (nSPS) is 12.8. The first kappa shape index (κ1) is 18.8. The van der Waals surface area contributed by atoms with E-state index in [0.29, 0.717) is 25.9 Å². The van der Waals surface area contributed by atoms with Crippen molar-refractivity contribution in [1.82, 2.24) is 4.98 Å². The van der Waals surface area contributed by atoms with Crippen molar-refractivity contribution in [3.63, 3.8) is 0 Å². The summed E-state index contributed by atoms with van der Waals surface area (Å²) in [6.07, 6.45) is 4.31. The number of ether oxygens (including phenoxy) is 1. The highest BCUT2D eigenvalue weighted by atomic mass is 32.1. The molecule has 0 fully saturated rings. The molecule has 3 aromatic rings. The van der Waals surface area contributed by atoms with Gasteiger partial charge >= 0.3 is 6.61 Å². The van der Waals surface area contributed by atoms with Crippen LogP contribution in [-0.4, -0.2) is 17.4 Å². The Hall–Kier alpha value is -3.00. The van der Waals surface area contributed by atoms with Gasteiger partial charge in [-0.3, -0.25) is 9.59 Å². The van der Waals surface area contributed by atoms with Gasteiger partial charge in [-0.25, -0.2) is 0 Å². The summed E-state index contributed by atoms with van der Waals surface area (Å²) in [4.78, 5) is 26.8. The minimum Gasteiger partial charge on any atom is -0.461 e. The maximum Gasteiger partial charge on any atom is 0.387 e. The molecule has 3 rings (SSSR count). The number of benzene rings is 1. The average molecular weight is 391 g/mol. The number of aromatic nitrogens is 1. The molecule has 2 heterocycles. The first-order valence-electron chi connectivity index (χ1n) is 7.90. The molecule has 0 unspecified atom stereocenters. The van der Waals surface area contributed by atoms with Crippen molar-refractivity contribution >= 4 is 29.3 Å². The first-order valence-corrected chi connectivity index (χ1v) is 8.71. The Kier molecular flexibility index (Phi) is 5.36. The Morgan fingerprint density at radius 2 is 2.00 bits per heavy atom. The summed E-state index contributed by atoms with van der Waals surface area (Å²) in [6.45, 7) is 0.409. The lowest BCUT2D eigenvalue weighted by Crippen LogP contribution is -2.20. The van der Waals surface area contributed by atoms with Crippen LogP contribution in [0, 0.1) is 13.8 Å². The van der Waals surface area contributed by atoms with Gasteiger partial charge in [-0.1, -0.05) is 0 Å². The molecule has 2 aromatic heterocycles. The van der Waals surface area contributed by atoms with Crippen molar-refractivity contribution in [2.75, 3.05) is 0 Å². The molecule has 0 saturated carbocycles. The number of thiazole rings is 1. The van der Waals surface area contributed by atoms with E-state index in [2.05, 4.69) is 9.72 Å². The van der Waals surface area contributed by atoms with E-state index >= 15 is 0 Å². The molecule has 8 heteroatoms. The van der Waals surface area contributed by atoms with Crippen molar-refractivity contribution in [2.45, 2.75) is 20.5 Å². The molecule has 0 bridgehead atoms. The lowest BCUT2D eigenvalue weighted by molar-refractivity contribution is -0.0507. The molecule has 0 spiro atoms. The standard InChI is InChI=1S/C19H15F2NO4S/c1-10-6-12(7-11(2)17(10)26-19(20)21)8-15-18(24)22-16(27-15)9-13(23)14-4-3-5-25-14/h3-9,19H,1-2H3,(H,22,24)/b15-8-,16-9-. The van der Waals surface area contributed by atoms with Gasteiger partial charge in [0.05, 0.1) is 15.5 Å². The predicted molar refractivity (Wildman–Crippen MR) is 97.8 cm³/mol. The molecule has 140 valence electrons. The Morgan fingerprint density at radius 1 is 1.30 bits per heavy atom. The van der Waals surface area contributed by atoms with Crippen LogP contribution in [0.4, 0.5) is 8.78 Å². The van der Waals surface area contributed by atoms with Gasteiger partial charge in [0.1, 0.15) is 5.75 Å². The molecule has 1 aromatic carbocycles. The van der Waals surface area contributed by atoms with Gasteiger partial charge in [0, 0.05) is 6.08 Å². The predicted octanol–water partition coefficient (Wildman–Crippen LogP) is 2.74. The Morgan fingerprint density at radius 3 is 2.59 bits per heavy atom. The van der Waals surface area contributed by atoms with Crippen LogP contribution in [0.3, 0.4) is 0 Å². The number of rotatable bonds is 5. The summed E-state index contributed by atoms with van der Waals surface area (Å²) >= 11 is 1.11. The number of hydrogen-bond donors (Lipinski definition) is 1. The number of ketones is 1. The van der Waals surface area contributed by atoms with Crippen molar-refractivity contribution in [3.8, 4) is 5.75 Å². The molecule has 0 saturated heterocycles. The highest BCUT2D eigenvalue weighted by molar-refractivity contribution is 7.07. The Labute approximate surface area is 156 Å². The lowest BCUT2D eigenvalue weighted by atomic mass is 10.1. The minimum absolute atomic E-state index is 0.125. The number of carbonyl (C=O) groups is 1. The molecular weight excluding hydrogens is 376 g/mol. The number of carbonyl (C=O) groups excluding carboxylic acids is 1. The number of nitrogens with one attached hydrogen (secondary N) is 1. The molecule has 0 aliphatic carbocycles. The van der Waals surface area contributed by atoms with E-state index in [1.54, 1.807) is 38.1 Å². The van der Waals surface area contributed by atoms with Gasteiger partial charge in [0.2, 0.25) is 5.78 Å². The topological polar surface area (TPSA) is 72.3 Å². The SMILES string of the molecule is Cc1cc(/C=c2\s/c(=C\C(=O)c3ccco3)[nH]c2=O)cc(C)c1OC(F)F. The van der Waals surface area contributed by atoms with E-state index in [-0.39, 0.29) is 22.9 Å². The molecule has 5 nitrogen and oxygen atoms in total. The fourth-order valence-electron chi connectivity index (χ4n) is 2.63. The molecular formula is C19H15F2NO4S. The number of aryl methyl sites for hydroxylation is 2. The number of halogens is 2. The largest absolute Gasteiger partial charge is 0.461 e. The van der Waals surface area contributed by atoms with E-state index < -0.39 is 6.61 Å². The van der Waals surface area contributed by atoms with E-state index in [1.807, 2.05) is 0 Å². The fourth-order valence-corrected chi connectivity index (χ4v) is 3.51. The highest BCUT2D eigenvalue weighted by Gasteiger charge is 2.11. The van der Waals surface area contributed by atoms with Crippen molar-refractivity contribution < 1.29 is 22.7 Å². The van der Waals surface area contributed by atoms with E-state index in [9.17, 15) is 18.4 Å². The maximum absolute atomic E-state index is 12.5. The summed E-state index contributed by atoms with van der Waals surface area (Å²) < 4.78 is 35.3. The molecule has 0 aliphatic heterocycles. The second-order valence-corrected chi connectivity index (χ2v) is 6.86. The van der Waals surface area contributed by atoms with Gasteiger partial charge in [0.25, 0.3) is 5.56 Å². The number of aromatic amines is 1. The maximum atomic E-state index is 12.5. The molecule has 27 heavy (non-hydrogen) atoms. The van der Waals surface area contributed by atoms with Gasteiger partial charge in [-0.2, -0.15) is 8.78 Å². The van der Waals surface area contributed by atoms with Crippen LogP contribution in [0.1, 0.15) is 27.2 Å². The van der Waals surface area contributed by atoms with Gasteiger partial charge in [-0.05, 0) is 60.9 Å². The van der Waals surface area contributed by atoms with Gasteiger partial charge in [0.15, 0.2) is 5.76 Å². The zero-order valence-electron chi connectivity index (χ0n) is 14.4. The zero-order valence-corrected chi connectivity index (χ0v) is 15.2. The van der Waals surface area contributed by atoms with E-state index in [4.69, 9.17) is 4.42 Å². The first-order chi connectivity index (χ1) is 12.8. The summed E-state index contributed by atoms with van der Waals surface area (Å²) in [6, 6.07) is 6.44. The van der Waals surface area contributed by atoms with Crippen molar-refractivity contribution in [2.24, 2.45) is 0 Å². The van der Waals surface area contributed by atoms with Crippen LogP contribution in [-0.2, 0) is 0 Å². The monoisotopic (exact) mass is 391 g/mol. The highest BCUT2D eigenvalue weighted by Crippen LogP contribution is 2.26. The zero-order chi connectivity index (χ0) is 19.6. The number of Topliss-reactive ketones (excluding diaryl/α,β-unsaturated/α-hetero) is 1. The molecule has 0 amide bonds. The fraction of sp³-hybridized carbons (Fsp3) is 0.158. The number of alkyl halides is 2. The van der Waals surface area contributed by atoms with Crippen LogP contribution in [0.25, 0.3) is 12.2 Å². The van der Waals surface area contributed by atoms with Gasteiger partial charge < -0.3 is 14.1 Å². The second kappa shape index (κ2) is 7.71. The second-order valence-electron chi connectivity index (χ2n) is 5.78. The third-order valence-electron chi connectivity index (χ3n) is 3.69. The van der Waals surface area contributed by atoms with Gasteiger partial charge in [-0.15, -0.1) is 11.3 Å². The van der Waals surface area contributed by atoms with Crippen molar-refractivity contribution in [3.05, 3.63) is 72.5 Å². The Balaban J connectivity index is 1.98. The third-order valence-corrected chi connectivity index (χ3v) is 4.66. The molecule has 0 radical (unpaired) electrons. The van der Waals surface area contributed by atoms with Crippen LogP contribution in [0.5, 0.6) is 5.75 Å². The third kappa shape index (κ3) is 4.40. The summed E-state index contributed by atoms with van der Waals surface area (Å²) in [5.41, 5.74) is 1.40. The summed E-state index contributed by atoms with van der Waals surface area (Å²) in [5.74, 6) is -0.0554. The Bertz CT molecular complexity index is 1120. The van der Waals surface area contributed by atoms with Crippen molar-refractivity contribution in [1.29, 1.82) is 0 Å². The smallest absolute Gasteiger partial charge is 0.387 e. The summed E-state index contributed by atoms with van der Waals surface area (Å²) in [5, 5.41) is 0. The molecule has 0 atom stereocenters. The molecule has 0 aliphatic rings. The van der Waals surface area contributed by atoms with E-state index in [0.717, 1.165) is 11.3 Å². The number of hydrogen-bond acceptors (Lipinski definition) is 5. The quantitative estimate of drug-likeness (QED) is 0.679. The average Bonchev–Trinajstić information content (AvgIpc) is 3.22.